The van der Waals surface area contributed by atoms with Crippen LogP contribution in [0.3, 0.4) is 0 Å². The van der Waals surface area contributed by atoms with Crippen LogP contribution in [0.4, 0.5) is 5.69 Å². The Morgan fingerprint density at radius 3 is 2.65 bits per heavy atom. The first-order valence-corrected chi connectivity index (χ1v) is 8.38. The Labute approximate surface area is 134 Å². The van der Waals surface area contributed by atoms with Gasteiger partial charge >= 0.3 is 0 Å². The third kappa shape index (κ3) is 3.22. The normalized spacial score (nSPS) is 12.0. The topological polar surface area (TPSA) is 76.4 Å². The summed E-state index contributed by atoms with van der Waals surface area (Å²) < 4.78 is 17.0. The number of carbonyl (C=O) groups excluding carboxylic acids is 1. The minimum absolute atomic E-state index is 0.0725. The van der Waals surface area contributed by atoms with Crippen LogP contribution in [0.2, 0.25) is 0 Å². The molecular formula is C17H13NO4S. The van der Waals surface area contributed by atoms with Crippen molar-refractivity contribution in [1.29, 1.82) is 0 Å². The van der Waals surface area contributed by atoms with Crippen LogP contribution in [-0.4, -0.2) is 16.4 Å². The SMILES string of the molecule is CS(=O)c1cccc(NC(=O)c2cc(=O)c3ccccc3o2)c1. The average Bonchev–Trinajstić information content (AvgIpc) is 2.55. The third-order valence-electron chi connectivity index (χ3n) is 3.28. The zero-order valence-electron chi connectivity index (χ0n) is 12.2. The summed E-state index contributed by atoms with van der Waals surface area (Å²) in [5.74, 6) is -0.608. The highest BCUT2D eigenvalue weighted by molar-refractivity contribution is 7.84. The second-order valence-corrected chi connectivity index (χ2v) is 6.29. The quantitative estimate of drug-likeness (QED) is 0.802. The van der Waals surface area contributed by atoms with Crippen molar-refractivity contribution < 1.29 is 13.4 Å². The van der Waals surface area contributed by atoms with Gasteiger partial charge in [-0.3, -0.25) is 13.8 Å². The van der Waals surface area contributed by atoms with Gasteiger partial charge in [-0.25, -0.2) is 0 Å². The molecule has 0 spiro atoms. The van der Waals surface area contributed by atoms with E-state index in [9.17, 15) is 13.8 Å². The number of hydrogen-bond donors (Lipinski definition) is 1. The second kappa shape index (κ2) is 6.18. The van der Waals surface area contributed by atoms with E-state index in [1.807, 2.05) is 0 Å². The number of hydrogen-bond acceptors (Lipinski definition) is 4. The highest BCUT2D eigenvalue weighted by atomic mass is 32.2. The summed E-state index contributed by atoms with van der Waals surface area (Å²) >= 11 is 0. The maximum atomic E-state index is 12.3. The molecule has 0 saturated heterocycles. The number of nitrogens with one attached hydrogen (secondary N) is 1. The van der Waals surface area contributed by atoms with Gasteiger partial charge in [0.2, 0.25) is 0 Å². The predicted octanol–water partition coefficient (Wildman–Crippen LogP) is 2.78. The molecule has 3 rings (SSSR count). The van der Waals surface area contributed by atoms with Gasteiger partial charge in [-0.1, -0.05) is 18.2 Å². The predicted molar refractivity (Wildman–Crippen MR) is 89.2 cm³/mol. The minimum Gasteiger partial charge on any atom is -0.451 e. The molecule has 1 amide bonds. The van der Waals surface area contributed by atoms with E-state index in [2.05, 4.69) is 5.32 Å². The van der Waals surface area contributed by atoms with E-state index >= 15 is 0 Å². The van der Waals surface area contributed by atoms with E-state index in [-0.39, 0.29) is 11.2 Å². The molecule has 1 N–H and O–H groups in total. The molecule has 1 aromatic heterocycles. The van der Waals surface area contributed by atoms with Crippen molar-refractivity contribution >= 4 is 33.4 Å². The lowest BCUT2D eigenvalue weighted by Gasteiger charge is -2.06. The monoisotopic (exact) mass is 327 g/mol. The van der Waals surface area contributed by atoms with Crippen molar-refractivity contribution in [3.63, 3.8) is 0 Å². The first-order valence-electron chi connectivity index (χ1n) is 6.82. The molecule has 0 radical (unpaired) electrons. The van der Waals surface area contributed by atoms with Crippen LogP contribution in [0.5, 0.6) is 0 Å². The van der Waals surface area contributed by atoms with Gasteiger partial charge in [0.15, 0.2) is 11.2 Å². The van der Waals surface area contributed by atoms with Gasteiger partial charge in [0.05, 0.1) is 5.39 Å². The molecule has 1 unspecified atom stereocenters. The highest BCUT2D eigenvalue weighted by Crippen LogP contribution is 2.16. The van der Waals surface area contributed by atoms with Crippen molar-refractivity contribution in [1.82, 2.24) is 0 Å². The molecular weight excluding hydrogens is 314 g/mol. The van der Waals surface area contributed by atoms with E-state index in [4.69, 9.17) is 4.42 Å². The zero-order valence-corrected chi connectivity index (χ0v) is 13.1. The fourth-order valence-corrected chi connectivity index (χ4v) is 2.72. The first kappa shape index (κ1) is 15.2. The van der Waals surface area contributed by atoms with Crippen molar-refractivity contribution in [3.05, 3.63) is 70.6 Å². The molecule has 0 aliphatic rings. The molecule has 0 aliphatic carbocycles. The molecule has 0 aliphatic heterocycles. The Morgan fingerprint density at radius 2 is 1.87 bits per heavy atom. The molecule has 2 aromatic carbocycles. The van der Waals surface area contributed by atoms with Crippen LogP contribution in [0.15, 0.2) is 68.7 Å². The van der Waals surface area contributed by atoms with Gasteiger partial charge in [-0.05, 0) is 30.3 Å². The van der Waals surface area contributed by atoms with Gasteiger partial charge < -0.3 is 9.73 Å². The lowest BCUT2D eigenvalue weighted by molar-refractivity contribution is 0.0997. The Kier molecular flexibility index (Phi) is 4.08. The number of para-hydroxylation sites is 1. The lowest BCUT2D eigenvalue weighted by Crippen LogP contribution is -2.15. The third-order valence-corrected chi connectivity index (χ3v) is 4.20. The molecule has 5 nitrogen and oxygen atoms in total. The fraction of sp³-hybridized carbons (Fsp3) is 0.0588. The summed E-state index contributed by atoms with van der Waals surface area (Å²) in [7, 11) is -1.15. The van der Waals surface area contributed by atoms with Crippen LogP contribution < -0.4 is 10.7 Å². The van der Waals surface area contributed by atoms with Crippen LogP contribution in [0.1, 0.15) is 10.6 Å². The first-order chi connectivity index (χ1) is 11.0. The van der Waals surface area contributed by atoms with Gasteiger partial charge in [0.1, 0.15) is 5.58 Å². The van der Waals surface area contributed by atoms with Gasteiger partial charge in [0, 0.05) is 33.7 Å². The summed E-state index contributed by atoms with van der Waals surface area (Å²) in [4.78, 5) is 24.9. The number of anilines is 1. The van der Waals surface area contributed by atoms with Crippen LogP contribution >= 0.6 is 0 Å². The summed E-state index contributed by atoms with van der Waals surface area (Å²) in [6.45, 7) is 0. The maximum absolute atomic E-state index is 12.3. The molecule has 116 valence electrons. The van der Waals surface area contributed by atoms with Crippen LogP contribution in [0, 0.1) is 0 Å². The van der Waals surface area contributed by atoms with Crippen molar-refractivity contribution in [2.75, 3.05) is 11.6 Å². The van der Waals surface area contributed by atoms with Crippen LogP contribution in [-0.2, 0) is 10.8 Å². The highest BCUT2D eigenvalue weighted by Gasteiger charge is 2.13. The summed E-state index contributed by atoms with van der Waals surface area (Å²) in [6.07, 6.45) is 1.56. The molecule has 23 heavy (non-hydrogen) atoms. The number of benzene rings is 2. The Bertz CT molecular complexity index is 977. The largest absolute Gasteiger partial charge is 0.451 e. The fourth-order valence-electron chi connectivity index (χ4n) is 2.16. The second-order valence-electron chi connectivity index (χ2n) is 4.91. The molecule has 0 fully saturated rings. The van der Waals surface area contributed by atoms with Gasteiger partial charge in [0.25, 0.3) is 5.91 Å². The average molecular weight is 327 g/mol. The summed E-state index contributed by atoms with van der Waals surface area (Å²) in [5, 5.41) is 3.06. The molecule has 6 heteroatoms. The Morgan fingerprint density at radius 1 is 1.09 bits per heavy atom. The van der Waals surface area contributed by atoms with Crippen molar-refractivity contribution in [3.8, 4) is 0 Å². The molecule has 3 aromatic rings. The molecule has 1 heterocycles. The van der Waals surface area contributed by atoms with E-state index in [1.54, 1.807) is 54.8 Å². The van der Waals surface area contributed by atoms with Crippen molar-refractivity contribution in [2.24, 2.45) is 0 Å². The molecule has 1 atom stereocenters. The van der Waals surface area contributed by atoms with Crippen LogP contribution in [0.25, 0.3) is 11.0 Å². The smallest absolute Gasteiger partial charge is 0.291 e. The Hall–Kier alpha value is -2.73. The van der Waals surface area contributed by atoms with E-state index in [1.165, 1.54) is 6.07 Å². The number of amides is 1. The van der Waals surface area contributed by atoms with E-state index in [0.717, 1.165) is 0 Å². The standard InChI is InChI=1S/C17H13NO4S/c1-23(21)12-6-4-5-11(9-12)18-17(20)16-10-14(19)13-7-2-3-8-15(13)22-16/h2-10H,1H3,(H,18,20). The number of fused-ring (bicyclic) bond motifs is 1. The number of carbonyl (C=O) groups is 1. The minimum atomic E-state index is -1.15. The lowest BCUT2D eigenvalue weighted by atomic mass is 10.2. The molecule has 0 saturated carbocycles. The van der Waals surface area contributed by atoms with Crippen molar-refractivity contribution in [2.45, 2.75) is 4.90 Å². The summed E-state index contributed by atoms with van der Waals surface area (Å²) in [5.41, 5.74) is 0.562. The van der Waals surface area contributed by atoms with Gasteiger partial charge in [-0.15, -0.1) is 0 Å². The van der Waals surface area contributed by atoms with E-state index < -0.39 is 16.7 Å². The van der Waals surface area contributed by atoms with E-state index in [0.29, 0.717) is 21.6 Å². The number of rotatable bonds is 3. The Balaban J connectivity index is 1.93. The summed E-state index contributed by atoms with van der Waals surface area (Å²) in [6, 6.07) is 14.6. The van der Waals surface area contributed by atoms with Gasteiger partial charge in [-0.2, -0.15) is 0 Å². The molecule has 0 bridgehead atoms. The zero-order chi connectivity index (χ0) is 16.4. The maximum Gasteiger partial charge on any atom is 0.291 e.